The third-order valence-corrected chi connectivity index (χ3v) is 2.46. The molecule has 0 spiro atoms. The molecule has 1 aromatic rings. The first kappa shape index (κ1) is 12.3. The van der Waals surface area contributed by atoms with Crippen molar-refractivity contribution in [2.24, 2.45) is 0 Å². The van der Waals surface area contributed by atoms with Crippen LogP contribution in [0.4, 0.5) is 5.82 Å². The van der Waals surface area contributed by atoms with Gasteiger partial charge in [0.15, 0.2) is 11.0 Å². The van der Waals surface area contributed by atoms with Crippen LogP contribution >= 0.6 is 11.8 Å². The zero-order valence-electron chi connectivity index (χ0n) is 9.41. The number of aryl methyl sites for hydroxylation is 1. The second kappa shape index (κ2) is 6.63. The van der Waals surface area contributed by atoms with E-state index in [9.17, 15) is 0 Å². The van der Waals surface area contributed by atoms with Gasteiger partial charge in [0.1, 0.15) is 0 Å². The minimum Gasteiger partial charge on any atom is -0.275 e. The molecule has 0 atom stereocenters. The molecule has 0 bridgehead atoms. The third-order valence-electron chi connectivity index (χ3n) is 1.90. The summed E-state index contributed by atoms with van der Waals surface area (Å²) in [5, 5.41) is 0.752. The summed E-state index contributed by atoms with van der Waals surface area (Å²) in [6.45, 7) is 4.79. The van der Waals surface area contributed by atoms with Crippen molar-refractivity contribution < 1.29 is 4.84 Å². The van der Waals surface area contributed by atoms with Crippen molar-refractivity contribution in [1.82, 2.24) is 9.97 Å². The lowest BCUT2D eigenvalue weighted by molar-refractivity contribution is 0.187. The third kappa shape index (κ3) is 4.05. The highest BCUT2D eigenvalue weighted by Crippen LogP contribution is 2.15. The van der Waals surface area contributed by atoms with Gasteiger partial charge in [0.25, 0.3) is 0 Å². The summed E-state index contributed by atoms with van der Waals surface area (Å²) in [6, 6.07) is 0. The highest BCUT2D eigenvalue weighted by molar-refractivity contribution is 7.98. The second-order valence-corrected chi connectivity index (χ2v) is 3.97. The Bertz CT molecular complexity index is 307. The molecule has 0 aliphatic heterocycles. The number of aromatic nitrogens is 2. The predicted molar refractivity (Wildman–Crippen MR) is 63.0 cm³/mol. The maximum absolute atomic E-state index is 5.29. The molecule has 84 valence electrons. The molecule has 0 unspecified atom stereocenters. The van der Waals surface area contributed by atoms with Crippen molar-refractivity contribution in [2.45, 2.75) is 31.8 Å². The molecule has 4 nitrogen and oxygen atoms in total. The number of rotatable bonds is 6. The minimum atomic E-state index is 0.703. The average molecular weight is 227 g/mol. The molecular formula is C10H17N3OS. The summed E-state index contributed by atoms with van der Waals surface area (Å²) in [4.78, 5) is 13.8. The molecular weight excluding hydrogens is 210 g/mol. The van der Waals surface area contributed by atoms with Crippen molar-refractivity contribution >= 4 is 17.6 Å². The minimum absolute atomic E-state index is 0.703. The van der Waals surface area contributed by atoms with Crippen molar-refractivity contribution in [3.8, 4) is 0 Å². The topological polar surface area (TPSA) is 47.0 Å². The SMILES string of the molecule is CCCCONc1nc(SC)ncc1C. The van der Waals surface area contributed by atoms with E-state index in [1.807, 2.05) is 13.2 Å². The van der Waals surface area contributed by atoms with E-state index in [0.717, 1.165) is 29.4 Å². The number of unbranched alkanes of at least 4 members (excludes halogenated alkanes) is 1. The van der Waals surface area contributed by atoms with Crippen LogP contribution in [0.5, 0.6) is 0 Å². The Morgan fingerprint density at radius 1 is 1.53 bits per heavy atom. The smallest absolute Gasteiger partial charge is 0.189 e. The monoisotopic (exact) mass is 227 g/mol. The molecule has 15 heavy (non-hydrogen) atoms. The molecule has 1 N–H and O–H groups in total. The van der Waals surface area contributed by atoms with Gasteiger partial charge >= 0.3 is 0 Å². The maximum atomic E-state index is 5.29. The van der Waals surface area contributed by atoms with Crippen molar-refractivity contribution in [3.05, 3.63) is 11.8 Å². The van der Waals surface area contributed by atoms with Gasteiger partial charge in [-0.25, -0.2) is 15.4 Å². The average Bonchev–Trinajstić information content (AvgIpc) is 2.26. The number of hydrogen-bond donors (Lipinski definition) is 1. The molecule has 0 amide bonds. The van der Waals surface area contributed by atoms with Gasteiger partial charge < -0.3 is 0 Å². The molecule has 0 radical (unpaired) electrons. The van der Waals surface area contributed by atoms with Crippen molar-refractivity contribution in [2.75, 3.05) is 18.3 Å². The van der Waals surface area contributed by atoms with Gasteiger partial charge in [0.2, 0.25) is 0 Å². The van der Waals surface area contributed by atoms with E-state index in [1.165, 1.54) is 11.8 Å². The summed E-state index contributed by atoms with van der Waals surface area (Å²) >= 11 is 1.52. The lowest BCUT2D eigenvalue weighted by Crippen LogP contribution is -2.06. The highest BCUT2D eigenvalue weighted by atomic mass is 32.2. The Labute approximate surface area is 94.8 Å². The van der Waals surface area contributed by atoms with Crippen LogP contribution < -0.4 is 5.48 Å². The van der Waals surface area contributed by atoms with Crippen molar-refractivity contribution in [1.29, 1.82) is 0 Å². The Kier molecular flexibility index (Phi) is 5.42. The molecule has 0 saturated carbocycles. The molecule has 0 aromatic carbocycles. The molecule has 1 heterocycles. The number of thioether (sulfide) groups is 1. The standard InChI is InChI=1S/C10H17N3OS/c1-4-5-6-14-13-9-8(2)7-11-10(12-9)15-3/h7H,4-6H2,1-3H3,(H,11,12,13). The summed E-state index contributed by atoms with van der Waals surface area (Å²) < 4.78 is 0. The fourth-order valence-corrected chi connectivity index (χ4v) is 1.30. The van der Waals surface area contributed by atoms with E-state index >= 15 is 0 Å². The number of nitrogens with zero attached hydrogens (tertiary/aromatic N) is 2. The van der Waals surface area contributed by atoms with Crippen LogP contribution in [0.15, 0.2) is 11.4 Å². The second-order valence-electron chi connectivity index (χ2n) is 3.19. The fraction of sp³-hybridized carbons (Fsp3) is 0.600. The van der Waals surface area contributed by atoms with E-state index in [1.54, 1.807) is 6.20 Å². The Hall–Kier alpha value is -0.810. The number of anilines is 1. The highest BCUT2D eigenvalue weighted by Gasteiger charge is 2.02. The summed E-state index contributed by atoms with van der Waals surface area (Å²) in [7, 11) is 0. The predicted octanol–water partition coefficient (Wildman–Crippen LogP) is 2.65. The van der Waals surface area contributed by atoms with E-state index in [4.69, 9.17) is 4.84 Å². The Morgan fingerprint density at radius 3 is 3.00 bits per heavy atom. The molecule has 1 aromatic heterocycles. The van der Waals surface area contributed by atoms with Gasteiger partial charge in [-0.15, -0.1) is 0 Å². The van der Waals surface area contributed by atoms with Gasteiger partial charge in [0.05, 0.1) is 6.61 Å². The van der Waals surface area contributed by atoms with Crippen LogP contribution in [0.25, 0.3) is 0 Å². The normalized spacial score (nSPS) is 10.3. The lowest BCUT2D eigenvalue weighted by Gasteiger charge is -2.08. The summed E-state index contributed by atoms with van der Waals surface area (Å²) in [5.74, 6) is 0.755. The van der Waals surface area contributed by atoms with Gasteiger partial charge in [-0.1, -0.05) is 25.1 Å². The van der Waals surface area contributed by atoms with Gasteiger partial charge in [0, 0.05) is 11.8 Å². The maximum Gasteiger partial charge on any atom is 0.189 e. The van der Waals surface area contributed by atoms with E-state index in [0.29, 0.717) is 6.61 Å². The number of hydrogen-bond acceptors (Lipinski definition) is 5. The van der Waals surface area contributed by atoms with Gasteiger partial charge in [-0.3, -0.25) is 4.84 Å². The molecule has 0 aliphatic rings. The first-order valence-corrected chi connectivity index (χ1v) is 6.25. The number of nitrogens with one attached hydrogen (secondary N) is 1. The van der Waals surface area contributed by atoms with Crippen LogP contribution in [0.1, 0.15) is 25.3 Å². The Morgan fingerprint density at radius 2 is 2.33 bits per heavy atom. The van der Waals surface area contributed by atoms with E-state index in [-0.39, 0.29) is 0 Å². The van der Waals surface area contributed by atoms with E-state index < -0.39 is 0 Å². The lowest BCUT2D eigenvalue weighted by atomic mass is 10.3. The molecule has 0 saturated heterocycles. The van der Waals surface area contributed by atoms with Gasteiger partial charge in [-0.05, 0) is 19.6 Å². The molecule has 1 rings (SSSR count). The first-order valence-electron chi connectivity index (χ1n) is 5.03. The molecule has 0 fully saturated rings. The van der Waals surface area contributed by atoms with E-state index in [2.05, 4.69) is 22.4 Å². The van der Waals surface area contributed by atoms with Crippen LogP contribution in [-0.2, 0) is 4.84 Å². The zero-order chi connectivity index (χ0) is 11.1. The quantitative estimate of drug-likeness (QED) is 0.350. The van der Waals surface area contributed by atoms with Crippen LogP contribution in [0.2, 0.25) is 0 Å². The Balaban J connectivity index is 2.51. The summed E-state index contributed by atoms with van der Waals surface area (Å²) in [6.07, 6.45) is 5.92. The first-order chi connectivity index (χ1) is 7.27. The van der Waals surface area contributed by atoms with Crippen molar-refractivity contribution in [3.63, 3.8) is 0 Å². The summed E-state index contributed by atoms with van der Waals surface area (Å²) in [5.41, 5.74) is 3.85. The largest absolute Gasteiger partial charge is 0.275 e. The molecule has 5 heteroatoms. The molecule has 0 aliphatic carbocycles. The van der Waals surface area contributed by atoms with Crippen LogP contribution in [-0.4, -0.2) is 22.8 Å². The zero-order valence-corrected chi connectivity index (χ0v) is 10.2. The fourth-order valence-electron chi connectivity index (χ4n) is 0.963. The van der Waals surface area contributed by atoms with Gasteiger partial charge in [-0.2, -0.15) is 0 Å². The van der Waals surface area contributed by atoms with Crippen LogP contribution in [0.3, 0.4) is 0 Å². The van der Waals surface area contributed by atoms with Crippen LogP contribution in [0, 0.1) is 6.92 Å².